The van der Waals surface area contributed by atoms with Crippen LogP contribution in [0.3, 0.4) is 0 Å². The van der Waals surface area contributed by atoms with Crippen molar-refractivity contribution in [2.24, 2.45) is 0 Å². The van der Waals surface area contributed by atoms with Crippen LogP contribution < -0.4 is 10.1 Å². The lowest BCUT2D eigenvalue weighted by molar-refractivity contribution is 0.306. The highest BCUT2D eigenvalue weighted by molar-refractivity contribution is 6.31. The number of halogens is 2. The van der Waals surface area contributed by atoms with Crippen molar-refractivity contribution >= 4 is 28.9 Å². The lowest BCUT2D eigenvalue weighted by Gasteiger charge is -2.11. The molecule has 128 valence electrons. The Labute approximate surface area is 158 Å². The van der Waals surface area contributed by atoms with Gasteiger partial charge in [-0.25, -0.2) is 0 Å². The van der Waals surface area contributed by atoms with E-state index in [2.05, 4.69) is 24.4 Å². The van der Waals surface area contributed by atoms with Gasteiger partial charge in [0.25, 0.3) is 0 Å². The van der Waals surface area contributed by atoms with E-state index in [9.17, 15) is 0 Å². The first kappa shape index (κ1) is 17.7. The van der Waals surface area contributed by atoms with Crippen LogP contribution in [0, 0.1) is 6.92 Å². The molecule has 3 rings (SSSR count). The largest absolute Gasteiger partial charge is 0.489 e. The number of rotatable bonds is 6. The van der Waals surface area contributed by atoms with Crippen LogP contribution in [0.2, 0.25) is 10.0 Å². The second-order valence-electron chi connectivity index (χ2n) is 5.87. The summed E-state index contributed by atoms with van der Waals surface area (Å²) >= 11 is 11.9. The predicted octanol–water partition coefficient (Wildman–Crippen LogP) is 6.49. The Morgan fingerprint density at radius 1 is 0.800 bits per heavy atom. The van der Waals surface area contributed by atoms with E-state index in [1.165, 1.54) is 11.1 Å². The summed E-state index contributed by atoms with van der Waals surface area (Å²) in [4.78, 5) is 0. The van der Waals surface area contributed by atoms with Gasteiger partial charge in [-0.3, -0.25) is 0 Å². The van der Waals surface area contributed by atoms with Gasteiger partial charge in [0.15, 0.2) is 0 Å². The molecule has 2 nitrogen and oxygen atoms in total. The molecule has 25 heavy (non-hydrogen) atoms. The molecule has 0 amide bonds. The van der Waals surface area contributed by atoms with E-state index >= 15 is 0 Å². The molecular formula is C21H19Cl2NO. The van der Waals surface area contributed by atoms with Gasteiger partial charge in [-0.15, -0.1) is 0 Å². The minimum atomic E-state index is 0.524. The predicted molar refractivity (Wildman–Crippen MR) is 106 cm³/mol. The summed E-state index contributed by atoms with van der Waals surface area (Å²) in [6.45, 7) is 3.32. The summed E-state index contributed by atoms with van der Waals surface area (Å²) in [6, 6.07) is 21.6. The maximum Gasteiger partial charge on any atom is 0.119 e. The Hall–Kier alpha value is -2.16. The molecule has 0 saturated heterocycles. The highest BCUT2D eigenvalue weighted by atomic mass is 35.5. The van der Waals surface area contributed by atoms with E-state index in [1.54, 1.807) is 0 Å². The first-order chi connectivity index (χ1) is 12.1. The molecule has 3 aromatic rings. The summed E-state index contributed by atoms with van der Waals surface area (Å²) in [7, 11) is 0. The standard InChI is InChI=1S/C21H19Cl2NO/c1-15-2-7-19(23)12-21(15)24-13-16-5-10-20(11-6-16)25-14-17-3-8-18(22)9-4-17/h2-12,24H,13-14H2,1H3. The van der Waals surface area contributed by atoms with E-state index in [0.29, 0.717) is 6.61 Å². The molecule has 0 spiro atoms. The normalized spacial score (nSPS) is 10.5. The Morgan fingerprint density at radius 2 is 1.44 bits per heavy atom. The number of aryl methyl sites for hydroxylation is 1. The first-order valence-corrected chi connectivity index (χ1v) is 8.82. The Kier molecular flexibility index (Phi) is 5.85. The molecule has 0 radical (unpaired) electrons. The van der Waals surface area contributed by atoms with Crippen molar-refractivity contribution in [3.8, 4) is 5.75 Å². The Balaban J connectivity index is 1.55. The summed E-state index contributed by atoms with van der Waals surface area (Å²) < 4.78 is 5.80. The molecule has 0 saturated carbocycles. The fraction of sp³-hybridized carbons (Fsp3) is 0.143. The van der Waals surface area contributed by atoms with Gasteiger partial charge >= 0.3 is 0 Å². The lowest BCUT2D eigenvalue weighted by atomic mass is 10.1. The zero-order valence-corrected chi connectivity index (χ0v) is 15.4. The molecule has 0 atom stereocenters. The minimum Gasteiger partial charge on any atom is -0.489 e. The molecule has 0 fully saturated rings. The fourth-order valence-electron chi connectivity index (χ4n) is 2.43. The molecule has 4 heteroatoms. The van der Waals surface area contributed by atoms with Crippen molar-refractivity contribution in [2.45, 2.75) is 20.1 Å². The van der Waals surface area contributed by atoms with E-state index < -0.39 is 0 Å². The minimum absolute atomic E-state index is 0.524. The highest BCUT2D eigenvalue weighted by Crippen LogP contribution is 2.21. The van der Waals surface area contributed by atoms with Crippen molar-refractivity contribution in [2.75, 3.05) is 5.32 Å². The van der Waals surface area contributed by atoms with E-state index in [4.69, 9.17) is 27.9 Å². The molecule has 0 heterocycles. The van der Waals surface area contributed by atoms with Crippen molar-refractivity contribution in [1.29, 1.82) is 0 Å². The third-order valence-electron chi connectivity index (χ3n) is 3.92. The summed E-state index contributed by atoms with van der Waals surface area (Å²) in [5.41, 5.74) is 4.49. The van der Waals surface area contributed by atoms with Gasteiger partial charge in [-0.1, -0.05) is 53.5 Å². The van der Waals surface area contributed by atoms with Crippen molar-refractivity contribution < 1.29 is 4.74 Å². The van der Waals surface area contributed by atoms with Gasteiger partial charge in [0.2, 0.25) is 0 Å². The number of anilines is 1. The van der Waals surface area contributed by atoms with Crippen LogP contribution in [-0.2, 0) is 13.2 Å². The van der Waals surface area contributed by atoms with Gasteiger partial charge < -0.3 is 10.1 Å². The Bertz CT molecular complexity index is 830. The highest BCUT2D eigenvalue weighted by Gasteiger charge is 2.01. The number of hydrogen-bond donors (Lipinski definition) is 1. The molecule has 0 aliphatic heterocycles. The van der Waals surface area contributed by atoms with Crippen LogP contribution in [0.1, 0.15) is 16.7 Å². The number of benzene rings is 3. The van der Waals surface area contributed by atoms with Crippen LogP contribution in [0.5, 0.6) is 5.75 Å². The molecule has 1 N–H and O–H groups in total. The molecule has 3 aromatic carbocycles. The number of nitrogens with one attached hydrogen (secondary N) is 1. The van der Waals surface area contributed by atoms with E-state index in [-0.39, 0.29) is 0 Å². The third kappa shape index (κ3) is 5.15. The quantitative estimate of drug-likeness (QED) is 0.534. The van der Waals surface area contributed by atoms with Crippen LogP contribution in [0.4, 0.5) is 5.69 Å². The van der Waals surface area contributed by atoms with Gasteiger partial charge in [-0.05, 0) is 60.0 Å². The van der Waals surface area contributed by atoms with Gasteiger partial charge in [0.05, 0.1) is 0 Å². The van der Waals surface area contributed by atoms with E-state index in [0.717, 1.165) is 33.6 Å². The van der Waals surface area contributed by atoms with Gasteiger partial charge in [0, 0.05) is 22.3 Å². The lowest BCUT2D eigenvalue weighted by Crippen LogP contribution is -2.01. The molecule has 0 bridgehead atoms. The summed E-state index contributed by atoms with van der Waals surface area (Å²) in [6.07, 6.45) is 0. The molecule has 0 aromatic heterocycles. The zero-order chi connectivity index (χ0) is 17.6. The third-order valence-corrected chi connectivity index (χ3v) is 4.41. The SMILES string of the molecule is Cc1ccc(Cl)cc1NCc1ccc(OCc2ccc(Cl)cc2)cc1. The van der Waals surface area contributed by atoms with E-state index in [1.807, 2.05) is 54.6 Å². The first-order valence-electron chi connectivity index (χ1n) is 8.06. The molecule has 0 unspecified atom stereocenters. The fourth-order valence-corrected chi connectivity index (χ4v) is 2.73. The van der Waals surface area contributed by atoms with Crippen LogP contribution >= 0.6 is 23.2 Å². The topological polar surface area (TPSA) is 21.3 Å². The number of ether oxygens (including phenoxy) is 1. The second-order valence-corrected chi connectivity index (χ2v) is 6.74. The molecule has 0 aliphatic rings. The van der Waals surface area contributed by atoms with Crippen molar-refractivity contribution in [1.82, 2.24) is 0 Å². The Morgan fingerprint density at radius 3 is 2.16 bits per heavy atom. The smallest absolute Gasteiger partial charge is 0.119 e. The van der Waals surface area contributed by atoms with Crippen molar-refractivity contribution in [3.05, 3.63) is 93.5 Å². The molecular weight excluding hydrogens is 353 g/mol. The van der Waals surface area contributed by atoms with Crippen LogP contribution in [0.25, 0.3) is 0 Å². The summed E-state index contributed by atoms with van der Waals surface area (Å²) in [5, 5.41) is 4.88. The monoisotopic (exact) mass is 371 g/mol. The zero-order valence-electron chi connectivity index (χ0n) is 13.9. The average Bonchev–Trinajstić information content (AvgIpc) is 2.63. The average molecular weight is 372 g/mol. The maximum absolute atomic E-state index is 6.05. The summed E-state index contributed by atoms with van der Waals surface area (Å²) in [5.74, 6) is 0.845. The second kappa shape index (κ2) is 8.28. The van der Waals surface area contributed by atoms with Crippen LogP contribution in [-0.4, -0.2) is 0 Å². The maximum atomic E-state index is 6.05. The van der Waals surface area contributed by atoms with Gasteiger partial charge in [0.1, 0.15) is 12.4 Å². The van der Waals surface area contributed by atoms with Gasteiger partial charge in [-0.2, -0.15) is 0 Å². The molecule has 0 aliphatic carbocycles. The van der Waals surface area contributed by atoms with Crippen molar-refractivity contribution in [3.63, 3.8) is 0 Å². The van der Waals surface area contributed by atoms with Crippen LogP contribution in [0.15, 0.2) is 66.7 Å². The number of hydrogen-bond acceptors (Lipinski definition) is 2.